The maximum absolute atomic E-state index is 14.0. The van der Waals surface area contributed by atoms with Crippen LogP contribution in [-0.2, 0) is 17.1 Å². The third-order valence-electron chi connectivity index (χ3n) is 9.81. The minimum atomic E-state index is -5.03. The van der Waals surface area contributed by atoms with E-state index in [2.05, 4.69) is 4.90 Å². The van der Waals surface area contributed by atoms with E-state index in [1.807, 2.05) is 0 Å². The van der Waals surface area contributed by atoms with Crippen LogP contribution in [0.3, 0.4) is 0 Å². The third kappa shape index (κ3) is 5.99. The van der Waals surface area contributed by atoms with E-state index in [1.54, 1.807) is 13.0 Å². The summed E-state index contributed by atoms with van der Waals surface area (Å²) in [5.41, 5.74) is -2.76. The summed E-state index contributed by atoms with van der Waals surface area (Å²) in [6.45, 7) is 4.38. The zero-order valence-corrected chi connectivity index (χ0v) is 24.5. The van der Waals surface area contributed by atoms with Crippen LogP contribution in [0.1, 0.15) is 72.5 Å². The van der Waals surface area contributed by atoms with Gasteiger partial charge in [0, 0.05) is 26.2 Å². The van der Waals surface area contributed by atoms with Crippen LogP contribution < -0.4 is 0 Å². The molecule has 5 rings (SSSR count). The Morgan fingerprint density at radius 2 is 1.64 bits per heavy atom. The van der Waals surface area contributed by atoms with Crippen molar-refractivity contribution >= 4 is 12.0 Å². The van der Waals surface area contributed by atoms with Gasteiger partial charge in [-0.2, -0.15) is 26.3 Å². The molecule has 2 aliphatic heterocycles. The van der Waals surface area contributed by atoms with Gasteiger partial charge in [-0.3, -0.25) is 9.69 Å². The lowest BCUT2D eigenvalue weighted by Crippen LogP contribution is -2.54. The quantitative estimate of drug-likeness (QED) is 0.353. The van der Waals surface area contributed by atoms with Crippen molar-refractivity contribution in [1.29, 1.82) is 0 Å². The highest BCUT2D eigenvalue weighted by molar-refractivity contribution is 5.79. The molecule has 0 aromatic heterocycles. The number of likely N-dealkylation sites (tertiary alicyclic amines) is 2. The normalized spacial score (nSPS) is 26.6. The molecule has 2 aromatic rings. The molecule has 1 N–H and O–H groups in total. The molecule has 1 aliphatic carbocycles. The van der Waals surface area contributed by atoms with Gasteiger partial charge in [-0.15, -0.1) is 0 Å². The lowest BCUT2D eigenvalue weighted by atomic mass is 9.86. The third-order valence-corrected chi connectivity index (χ3v) is 9.81. The van der Waals surface area contributed by atoms with Crippen molar-refractivity contribution in [2.45, 2.75) is 70.0 Å². The Hall–Kier alpha value is -3.35. The SMILES string of the molecule is Cc1cc(F)ccc1C1CC(N2CCC3CC3(C(=O)O)C2)CCN1C(=O)N(C)C(C)c1cc(C(F)(F)F)cc(C(F)(F)F)c1. The summed E-state index contributed by atoms with van der Waals surface area (Å²) in [4.78, 5) is 30.8. The van der Waals surface area contributed by atoms with Crippen LogP contribution in [0.5, 0.6) is 0 Å². The number of fused-ring (bicyclic) bond motifs is 1. The van der Waals surface area contributed by atoms with Crippen molar-refractivity contribution in [1.82, 2.24) is 14.7 Å². The summed E-state index contributed by atoms with van der Waals surface area (Å²) >= 11 is 0. The molecule has 5 atom stereocenters. The lowest BCUT2D eigenvalue weighted by molar-refractivity contribution is -0.146. The topological polar surface area (TPSA) is 64.1 Å². The van der Waals surface area contributed by atoms with Crippen LogP contribution in [0.4, 0.5) is 35.5 Å². The zero-order valence-electron chi connectivity index (χ0n) is 24.5. The van der Waals surface area contributed by atoms with Crippen LogP contribution in [0.2, 0.25) is 0 Å². The van der Waals surface area contributed by atoms with Crippen molar-refractivity contribution in [2.24, 2.45) is 11.3 Å². The Kier molecular flexibility index (Phi) is 8.18. The average molecular weight is 630 g/mol. The number of piperidine rings is 2. The van der Waals surface area contributed by atoms with Crippen LogP contribution >= 0.6 is 0 Å². The van der Waals surface area contributed by atoms with Crippen molar-refractivity contribution < 1.29 is 45.4 Å². The molecular weight excluding hydrogens is 595 g/mol. The first-order valence-electron chi connectivity index (χ1n) is 14.5. The fourth-order valence-corrected chi connectivity index (χ4v) is 6.98. The first-order chi connectivity index (χ1) is 20.4. The maximum atomic E-state index is 14.0. The van der Waals surface area contributed by atoms with Gasteiger partial charge in [0.2, 0.25) is 0 Å². The van der Waals surface area contributed by atoms with E-state index < -0.39 is 58.8 Å². The molecule has 44 heavy (non-hydrogen) atoms. The summed E-state index contributed by atoms with van der Waals surface area (Å²) in [6, 6.07) is 3.08. The number of urea groups is 1. The molecule has 3 fully saturated rings. The number of halogens is 7. The van der Waals surface area contributed by atoms with E-state index in [9.17, 15) is 45.4 Å². The van der Waals surface area contributed by atoms with E-state index in [0.717, 1.165) is 11.3 Å². The summed E-state index contributed by atoms with van der Waals surface area (Å²) in [6.07, 6.45) is -7.78. The number of aliphatic carboxylic acids is 1. The molecule has 2 saturated heterocycles. The molecule has 13 heteroatoms. The monoisotopic (exact) mass is 629 g/mol. The van der Waals surface area contributed by atoms with Gasteiger partial charge < -0.3 is 14.9 Å². The summed E-state index contributed by atoms with van der Waals surface area (Å²) in [5, 5.41) is 9.85. The highest BCUT2D eigenvalue weighted by atomic mass is 19.4. The van der Waals surface area contributed by atoms with Gasteiger partial charge in [-0.25, -0.2) is 9.18 Å². The number of alkyl halides is 6. The largest absolute Gasteiger partial charge is 0.481 e. The van der Waals surface area contributed by atoms with E-state index in [0.29, 0.717) is 55.6 Å². The summed E-state index contributed by atoms with van der Waals surface area (Å²) in [7, 11) is 1.33. The molecule has 6 nitrogen and oxygen atoms in total. The second kappa shape index (κ2) is 11.2. The fraction of sp³-hybridized carbons (Fsp3) is 0.548. The number of carboxylic acid groups (broad SMARTS) is 1. The van der Waals surface area contributed by atoms with Crippen LogP contribution in [0.15, 0.2) is 36.4 Å². The van der Waals surface area contributed by atoms with E-state index in [4.69, 9.17) is 0 Å². The van der Waals surface area contributed by atoms with E-state index in [-0.39, 0.29) is 30.1 Å². The second-order valence-corrected chi connectivity index (χ2v) is 12.4. The number of rotatable bonds is 5. The predicted molar refractivity (Wildman–Crippen MR) is 146 cm³/mol. The number of nitrogens with zero attached hydrogens (tertiary/aromatic N) is 3. The minimum Gasteiger partial charge on any atom is -0.481 e. The zero-order chi connectivity index (χ0) is 32.4. The highest BCUT2D eigenvalue weighted by Crippen LogP contribution is 2.58. The number of amides is 2. The number of benzene rings is 2. The standard InChI is InChI=1S/C31H34F7N3O3/c1-17-10-23(32)4-5-25(17)26-14-24(40-8-6-20-15-29(20,16-40)27(42)43)7-9-41(26)28(44)39(3)18(2)19-11-21(30(33,34)35)13-22(12-19)31(36,37)38/h4-5,10-13,18,20,24,26H,6-9,14-16H2,1-3H3,(H,42,43). The lowest BCUT2D eigenvalue weighted by Gasteiger charge is -2.47. The Morgan fingerprint density at radius 3 is 2.20 bits per heavy atom. The van der Waals surface area contributed by atoms with Crippen LogP contribution in [0, 0.1) is 24.1 Å². The van der Waals surface area contributed by atoms with Crippen molar-refractivity contribution in [2.75, 3.05) is 26.7 Å². The van der Waals surface area contributed by atoms with Crippen LogP contribution in [0.25, 0.3) is 0 Å². The molecular formula is C31H34F7N3O3. The molecule has 5 unspecified atom stereocenters. The van der Waals surface area contributed by atoms with Gasteiger partial charge in [0.1, 0.15) is 5.82 Å². The number of carboxylic acids is 1. The average Bonchev–Trinajstić information content (AvgIpc) is 3.70. The first kappa shape index (κ1) is 32.1. The molecule has 2 heterocycles. The molecule has 240 valence electrons. The molecule has 0 radical (unpaired) electrons. The van der Waals surface area contributed by atoms with Gasteiger partial charge in [0.15, 0.2) is 0 Å². The fourth-order valence-electron chi connectivity index (χ4n) is 6.98. The number of aryl methyl sites for hydroxylation is 1. The number of hydrogen-bond acceptors (Lipinski definition) is 3. The molecule has 0 bridgehead atoms. The summed E-state index contributed by atoms with van der Waals surface area (Å²) in [5.74, 6) is -1.13. The van der Waals surface area contributed by atoms with Crippen LogP contribution in [-0.4, -0.2) is 64.5 Å². The molecule has 2 aromatic carbocycles. The smallest absolute Gasteiger partial charge is 0.416 e. The van der Waals surface area contributed by atoms with Crippen molar-refractivity contribution in [3.05, 3.63) is 70.0 Å². The number of carbonyl (C=O) groups is 2. The van der Waals surface area contributed by atoms with E-state index >= 15 is 0 Å². The predicted octanol–water partition coefficient (Wildman–Crippen LogP) is 7.29. The minimum absolute atomic E-state index is 0.0507. The molecule has 2 amide bonds. The maximum Gasteiger partial charge on any atom is 0.416 e. The van der Waals surface area contributed by atoms with Gasteiger partial charge in [0.05, 0.1) is 28.6 Å². The second-order valence-electron chi connectivity index (χ2n) is 12.4. The Morgan fingerprint density at radius 1 is 1.00 bits per heavy atom. The Balaban J connectivity index is 1.43. The van der Waals surface area contributed by atoms with Gasteiger partial charge >= 0.3 is 24.4 Å². The molecule has 1 saturated carbocycles. The van der Waals surface area contributed by atoms with Crippen molar-refractivity contribution in [3.63, 3.8) is 0 Å². The molecule has 0 spiro atoms. The highest BCUT2D eigenvalue weighted by Gasteiger charge is 2.63. The van der Waals surface area contributed by atoms with Crippen molar-refractivity contribution in [3.8, 4) is 0 Å². The van der Waals surface area contributed by atoms with E-state index in [1.165, 1.54) is 31.0 Å². The van der Waals surface area contributed by atoms with Gasteiger partial charge in [-0.05, 0) is 99.0 Å². The Bertz CT molecular complexity index is 1410. The number of hydrogen-bond donors (Lipinski definition) is 1. The van der Waals surface area contributed by atoms with Gasteiger partial charge in [-0.1, -0.05) is 6.07 Å². The first-order valence-corrected chi connectivity index (χ1v) is 14.5. The Labute approximate surface area is 250 Å². The number of carbonyl (C=O) groups excluding carboxylic acids is 1. The van der Waals surface area contributed by atoms with Gasteiger partial charge in [0.25, 0.3) is 0 Å². The summed E-state index contributed by atoms with van der Waals surface area (Å²) < 4.78 is 95.2. The molecule has 3 aliphatic rings.